The summed E-state index contributed by atoms with van der Waals surface area (Å²) in [6.45, 7) is 3.68. The fourth-order valence-corrected chi connectivity index (χ4v) is 2.70. The van der Waals surface area contributed by atoms with Crippen molar-refractivity contribution in [2.45, 2.75) is 52.4 Å². The van der Waals surface area contributed by atoms with Crippen LogP contribution >= 0.6 is 0 Å². The van der Waals surface area contributed by atoms with Crippen LogP contribution in [0, 0.1) is 5.92 Å². The molecule has 0 unspecified atom stereocenters. The molecular formula is C18H25N3O2. The quantitative estimate of drug-likeness (QED) is 0.645. The maximum absolute atomic E-state index is 12.1. The van der Waals surface area contributed by atoms with Gasteiger partial charge in [-0.1, -0.05) is 38.3 Å². The molecule has 1 aromatic carbocycles. The SMILES string of the molecule is CCC(=O)Nc1ccc(/C(C)=N\NC(=O)C2CCCCC2)cc1. The van der Waals surface area contributed by atoms with Crippen LogP contribution in [0.4, 0.5) is 5.69 Å². The Labute approximate surface area is 137 Å². The van der Waals surface area contributed by atoms with Gasteiger partial charge in [-0.15, -0.1) is 0 Å². The van der Waals surface area contributed by atoms with Gasteiger partial charge in [-0.25, -0.2) is 5.43 Å². The predicted molar refractivity (Wildman–Crippen MR) is 92.3 cm³/mol. The number of nitrogens with one attached hydrogen (secondary N) is 2. The summed E-state index contributed by atoms with van der Waals surface area (Å²) in [5.41, 5.74) is 5.12. The number of carbonyl (C=O) groups is 2. The summed E-state index contributed by atoms with van der Waals surface area (Å²) >= 11 is 0. The topological polar surface area (TPSA) is 70.6 Å². The predicted octanol–water partition coefficient (Wildman–Crippen LogP) is 3.46. The van der Waals surface area contributed by atoms with Gasteiger partial charge in [0.15, 0.2) is 0 Å². The lowest BCUT2D eigenvalue weighted by atomic mass is 9.89. The monoisotopic (exact) mass is 315 g/mol. The van der Waals surface area contributed by atoms with Crippen molar-refractivity contribution in [1.29, 1.82) is 0 Å². The van der Waals surface area contributed by atoms with E-state index in [1.54, 1.807) is 0 Å². The largest absolute Gasteiger partial charge is 0.326 e. The molecule has 5 nitrogen and oxygen atoms in total. The van der Waals surface area contributed by atoms with Crippen LogP contribution in [0.3, 0.4) is 0 Å². The van der Waals surface area contributed by atoms with Gasteiger partial charge >= 0.3 is 0 Å². The number of nitrogens with zero attached hydrogens (tertiary/aromatic N) is 1. The Morgan fingerprint density at radius 3 is 2.39 bits per heavy atom. The van der Waals surface area contributed by atoms with E-state index in [0.29, 0.717) is 6.42 Å². The molecule has 1 fully saturated rings. The van der Waals surface area contributed by atoms with Crippen molar-refractivity contribution in [3.63, 3.8) is 0 Å². The molecule has 2 rings (SSSR count). The van der Waals surface area contributed by atoms with Gasteiger partial charge in [0, 0.05) is 18.0 Å². The second kappa shape index (κ2) is 8.46. The van der Waals surface area contributed by atoms with E-state index in [9.17, 15) is 9.59 Å². The van der Waals surface area contributed by atoms with Crippen molar-refractivity contribution in [2.24, 2.45) is 11.0 Å². The van der Waals surface area contributed by atoms with Crippen molar-refractivity contribution in [3.8, 4) is 0 Å². The molecular weight excluding hydrogens is 290 g/mol. The van der Waals surface area contributed by atoms with Crippen LogP contribution < -0.4 is 10.7 Å². The minimum absolute atomic E-state index is 0.0112. The maximum Gasteiger partial charge on any atom is 0.243 e. The average molecular weight is 315 g/mol. The molecule has 0 atom stereocenters. The normalized spacial score (nSPS) is 16.0. The van der Waals surface area contributed by atoms with Crippen LogP contribution in [0.5, 0.6) is 0 Å². The van der Waals surface area contributed by atoms with E-state index in [-0.39, 0.29) is 17.7 Å². The Hall–Kier alpha value is -2.17. The molecule has 5 heteroatoms. The first-order valence-corrected chi connectivity index (χ1v) is 8.34. The Bertz CT molecular complexity index is 572. The molecule has 2 N–H and O–H groups in total. The van der Waals surface area contributed by atoms with E-state index < -0.39 is 0 Å². The summed E-state index contributed by atoms with van der Waals surface area (Å²) < 4.78 is 0. The summed E-state index contributed by atoms with van der Waals surface area (Å²) in [5, 5.41) is 7.01. The van der Waals surface area contributed by atoms with E-state index in [0.717, 1.165) is 42.6 Å². The van der Waals surface area contributed by atoms with E-state index in [1.807, 2.05) is 38.1 Å². The first-order valence-electron chi connectivity index (χ1n) is 8.34. The lowest BCUT2D eigenvalue weighted by Gasteiger charge is -2.19. The Kier molecular flexibility index (Phi) is 6.32. The third kappa shape index (κ3) is 5.20. The molecule has 0 radical (unpaired) electrons. The zero-order valence-corrected chi connectivity index (χ0v) is 13.9. The van der Waals surface area contributed by atoms with E-state index in [4.69, 9.17) is 0 Å². The molecule has 2 amide bonds. The smallest absolute Gasteiger partial charge is 0.243 e. The van der Waals surface area contributed by atoms with Crippen molar-refractivity contribution in [1.82, 2.24) is 5.43 Å². The zero-order chi connectivity index (χ0) is 16.7. The fraction of sp³-hybridized carbons (Fsp3) is 0.500. The molecule has 0 aromatic heterocycles. The number of anilines is 1. The lowest BCUT2D eigenvalue weighted by molar-refractivity contribution is -0.125. The molecule has 1 aliphatic rings. The highest BCUT2D eigenvalue weighted by Gasteiger charge is 2.20. The first kappa shape index (κ1) is 17.2. The van der Waals surface area contributed by atoms with Crippen molar-refractivity contribution in [2.75, 3.05) is 5.32 Å². The maximum atomic E-state index is 12.1. The Balaban J connectivity index is 1.92. The molecule has 0 bridgehead atoms. The molecule has 23 heavy (non-hydrogen) atoms. The molecule has 1 aliphatic carbocycles. The van der Waals surface area contributed by atoms with Gasteiger partial charge in [0.1, 0.15) is 0 Å². The van der Waals surface area contributed by atoms with Gasteiger partial charge in [-0.3, -0.25) is 9.59 Å². The molecule has 0 aliphatic heterocycles. The summed E-state index contributed by atoms with van der Waals surface area (Å²) in [6, 6.07) is 7.45. The summed E-state index contributed by atoms with van der Waals surface area (Å²) in [4.78, 5) is 23.4. The second-order valence-corrected chi connectivity index (χ2v) is 5.99. The minimum atomic E-state index is -0.0112. The van der Waals surface area contributed by atoms with Gasteiger partial charge in [0.05, 0.1) is 5.71 Å². The van der Waals surface area contributed by atoms with Crippen LogP contribution in [0.1, 0.15) is 57.9 Å². The third-order valence-corrected chi connectivity index (χ3v) is 4.22. The van der Waals surface area contributed by atoms with E-state index >= 15 is 0 Å². The number of rotatable bonds is 5. The molecule has 124 valence electrons. The van der Waals surface area contributed by atoms with Crippen LogP contribution in [-0.2, 0) is 9.59 Å². The third-order valence-electron chi connectivity index (χ3n) is 4.22. The highest BCUT2D eigenvalue weighted by Crippen LogP contribution is 2.23. The molecule has 0 saturated heterocycles. The van der Waals surface area contributed by atoms with Gasteiger partial charge < -0.3 is 5.32 Å². The van der Waals surface area contributed by atoms with Crippen LogP contribution in [0.15, 0.2) is 29.4 Å². The van der Waals surface area contributed by atoms with Gasteiger partial charge in [0.25, 0.3) is 0 Å². The molecule has 1 aromatic rings. The average Bonchev–Trinajstić information content (AvgIpc) is 2.60. The van der Waals surface area contributed by atoms with Crippen molar-refractivity contribution in [3.05, 3.63) is 29.8 Å². The Morgan fingerprint density at radius 2 is 1.78 bits per heavy atom. The van der Waals surface area contributed by atoms with E-state index in [1.165, 1.54) is 6.42 Å². The van der Waals surface area contributed by atoms with Gasteiger partial charge in [0.2, 0.25) is 11.8 Å². The van der Waals surface area contributed by atoms with E-state index in [2.05, 4.69) is 15.8 Å². The number of hydrazone groups is 1. The minimum Gasteiger partial charge on any atom is -0.326 e. The van der Waals surface area contributed by atoms with Crippen LogP contribution in [0.25, 0.3) is 0 Å². The summed E-state index contributed by atoms with van der Waals surface area (Å²) in [6.07, 6.45) is 5.87. The summed E-state index contributed by atoms with van der Waals surface area (Å²) in [7, 11) is 0. The molecule has 0 spiro atoms. The number of hydrogen-bond donors (Lipinski definition) is 2. The lowest BCUT2D eigenvalue weighted by Crippen LogP contribution is -2.29. The number of carbonyl (C=O) groups excluding carboxylic acids is 2. The second-order valence-electron chi connectivity index (χ2n) is 5.99. The van der Waals surface area contributed by atoms with Crippen LogP contribution in [0.2, 0.25) is 0 Å². The van der Waals surface area contributed by atoms with Crippen molar-refractivity contribution < 1.29 is 9.59 Å². The summed E-state index contributed by atoms with van der Waals surface area (Å²) in [5.74, 6) is 0.116. The highest BCUT2D eigenvalue weighted by molar-refractivity contribution is 6.00. The molecule has 1 saturated carbocycles. The highest BCUT2D eigenvalue weighted by atomic mass is 16.2. The van der Waals surface area contributed by atoms with Gasteiger partial charge in [-0.2, -0.15) is 5.10 Å². The number of amides is 2. The fourth-order valence-electron chi connectivity index (χ4n) is 2.70. The number of benzene rings is 1. The molecule has 0 heterocycles. The standard InChI is InChI=1S/C18H25N3O2/c1-3-17(22)19-16-11-9-14(10-12-16)13(2)20-21-18(23)15-7-5-4-6-8-15/h9-12,15H,3-8H2,1-2H3,(H,19,22)(H,21,23)/b20-13-. The van der Waals surface area contributed by atoms with Crippen LogP contribution in [-0.4, -0.2) is 17.5 Å². The zero-order valence-electron chi connectivity index (χ0n) is 13.9. The Morgan fingerprint density at radius 1 is 1.13 bits per heavy atom. The first-order chi connectivity index (χ1) is 11.1. The van der Waals surface area contributed by atoms with Crippen molar-refractivity contribution >= 4 is 23.2 Å². The number of hydrogen-bond acceptors (Lipinski definition) is 3. The van der Waals surface area contributed by atoms with Gasteiger partial charge in [-0.05, 0) is 37.5 Å².